The second kappa shape index (κ2) is 14.4. The van der Waals surface area contributed by atoms with Gasteiger partial charge in [0.2, 0.25) is 5.88 Å². The van der Waals surface area contributed by atoms with E-state index in [9.17, 15) is 24.3 Å². The first-order valence-electron chi connectivity index (χ1n) is 13.3. The average Bonchev–Trinajstić information content (AvgIpc) is 3.29. The van der Waals surface area contributed by atoms with Gasteiger partial charge in [0.05, 0.1) is 18.8 Å². The number of unbranched alkanes of at least 4 members (excludes halogenated alkanes) is 1. The Hall–Kier alpha value is -4.21. The number of carbonyl (C=O) groups is 2. The summed E-state index contributed by atoms with van der Waals surface area (Å²) in [5, 5.41) is 11.6. The lowest BCUT2D eigenvalue weighted by Gasteiger charge is -2.19. The van der Waals surface area contributed by atoms with Crippen LogP contribution in [0.1, 0.15) is 45.6 Å². The number of thioether (sulfide) groups is 1. The van der Waals surface area contributed by atoms with Crippen molar-refractivity contribution in [3.05, 3.63) is 85.7 Å². The first-order valence-corrected chi connectivity index (χ1v) is 14.1. The molecule has 0 radical (unpaired) electrons. The third-order valence-electron chi connectivity index (χ3n) is 6.12. The molecule has 0 amide bonds. The number of rotatable bonds is 13. The van der Waals surface area contributed by atoms with Crippen LogP contribution in [0.5, 0.6) is 5.88 Å². The molecule has 0 bridgehead atoms. The zero-order valence-corrected chi connectivity index (χ0v) is 24.4. The van der Waals surface area contributed by atoms with E-state index in [1.807, 2.05) is 36.1 Å². The Morgan fingerprint density at radius 1 is 0.976 bits per heavy atom. The average molecular weight is 582 g/mol. The highest BCUT2D eigenvalue weighted by Gasteiger charge is 2.25. The normalized spacial score (nSPS) is 12.0. The predicted octanol–water partition coefficient (Wildman–Crippen LogP) is 4.21. The first kappa shape index (κ1) is 31.3. The maximum atomic E-state index is 13.4. The third-order valence-corrected chi connectivity index (χ3v) is 7.22. The molecule has 218 valence electrons. The number of ether oxygens (including phenoxy) is 2. The lowest BCUT2D eigenvalue weighted by molar-refractivity contribution is -0.140. The van der Waals surface area contributed by atoms with Crippen LogP contribution in [0.25, 0.3) is 6.08 Å². The molecular weight excluding hydrogens is 546 g/mol. The second-order valence-electron chi connectivity index (χ2n) is 9.48. The van der Waals surface area contributed by atoms with E-state index in [-0.39, 0.29) is 37.4 Å². The van der Waals surface area contributed by atoms with E-state index in [0.29, 0.717) is 30.0 Å². The Kier molecular flexibility index (Phi) is 11.0. The number of hydrogen-bond acceptors (Lipinski definition) is 9. The zero-order chi connectivity index (χ0) is 30.1. The summed E-state index contributed by atoms with van der Waals surface area (Å²) < 4.78 is 12.4. The highest BCUT2D eigenvalue weighted by Crippen LogP contribution is 2.45. The molecule has 0 saturated carbocycles. The van der Waals surface area contributed by atoms with Gasteiger partial charge in [0, 0.05) is 35.2 Å². The molecule has 0 saturated heterocycles. The first-order chi connectivity index (χ1) is 19.6. The number of anilines is 1. The van der Waals surface area contributed by atoms with Crippen LogP contribution >= 0.6 is 11.8 Å². The van der Waals surface area contributed by atoms with E-state index in [0.717, 1.165) is 26.1 Å². The fraction of sp³-hybridized carbons (Fsp3) is 0.367. The van der Waals surface area contributed by atoms with Gasteiger partial charge < -0.3 is 19.5 Å². The van der Waals surface area contributed by atoms with Crippen LogP contribution < -0.4 is 16.1 Å². The number of fused-ring (bicyclic) bond motifs is 1. The van der Waals surface area contributed by atoms with Crippen molar-refractivity contribution in [3.63, 3.8) is 0 Å². The number of para-hydroxylation sites is 1. The molecule has 0 aliphatic carbocycles. The molecule has 10 nitrogen and oxygen atoms in total. The van der Waals surface area contributed by atoms with Gasteiger partial charge in [-0.3, -0.25) is 13.9 Å². The summed E-state index contributed by atoms with van der Waals surface area (Å²) in [5.74, 6) is -1.52. The number of aromatic hydroxyl groups is 1. The summed E-state index contributed by atoms with van der Waals surface area (Å²) in [6.07, 6.45) is 3.28. The van der Waals surface area contributed by atoms with Crippen LogP contribution in [0.3, 0.4) is 0 Å². The minimum atomic E-state index is -0.724. The van der Waals surface area contributed by atoms with E-state index in [2.05, 4.69) is 18.9 Å². The Bertz CT molecular complexity index is 1530. The smallest absolute Gasteiger partial charge is 0.333 e. The van der Waals surface area contributed by atoms with E-state index >= 15 is 0 Å². The predicted molar refractivity (Wildman–Crippen MR) is 159 cm³/mol. The Morgan fingerprint density at radius 3 is 2.29 bits per heavy atom. The highest BCUT2D eigenvalue weighted by molar-refractivity contribution is 8.03. The second-order valence-corrected chi connectivity index (χ2v) is 10.5. The van der Waals surface area contributed by atoms with Crippen molar-refractivity contribution in [2.24, 2.45) is 0 Å². The van der Waals surface area contributed by atoms with Crippen LogP contribution in [-0.4, -0.2) is 45.9 Å². The maximum absolute atomic E-state index is 13.4. The van der Waals surface area contributed by atoms with E-state index < -0.39 is 29.1 Å². The topological polar surface area (TPSA) is 120 Å². The van der Waals surface area contributed by atoms with Crippen LogP contribution in [0.15, 0.2) is 73.8 Å². The minimum absolute atomic E-state index is 0.105. The standard InChI is InChI=1S/C30H35N3O7S/c1-6-7-15-32-26(34)22(27(35)33(30(32)38)17-19-40-29(37)21(4)5)13-14-25-31(16-10-18-39-28(36)20(2)3)23-11-8-9-12-24(23)41-25/h8-9,11-13,34H,2,4,6-7,10,15-19H2,1,3,5H3. The molecule has 0 fully saturated rings. The Labute approximate surface area is 242 Å². The van der Waals surface area contributed by atoms with Crippen molar-refractivity contribution in [1.29, 1.82) is 0 Å². The van der Waals surface area contributed by atoms with Crippen LogP contribution in [0.2, 0.25) is 0 Å². The number of benzene rings is 1. The summed E-state index contributed by atoms with van der Waals surface area (Å²) in [7, 11) is 0. The van der Waals surface area contributed by atoms with Crippen molar-refractivity contribution < 1.29 is 24.2 Å². The van der Waals surface area contributed by atoms with Crippen molar-refractivity contribution in [2.75, 3.05) is 24.7 Å². The lowest BCUT2D eigenvalue weighted by Crippen LogP contribution is -2.42. The molecule has 1 aliphatic heterocycles. The van der Waals surface area contributed by atoms with Crippen LogP contribution in [0.4, 0.5) is 5.69 Å². The zero-order valence-electron chi connectivity index (χ0n) is 23.6. The fourth-order valence-corrected chi connectivity index (χ4v) is 4.97. The quantitative estimate of drug-likeness (QED) is 0.161. The number of hydrogen-bond donors (Lipinski definition) is 1. The Morgan fingerprint density at radius 2 is 1.63 bits per heavy atom. The van der Waals surface area contributed by atoms with Crippen molar-refractivity contribution in [2.45, 2.75) is 58.0 Å². The van der Waals surface area contributed by atoms with Gasteiger partial charge in [0.15, 0.2) is 0 Å². The van der Waals surface area contributed by atoms with Gasteiger partial charge >= 0.3 is 17.6 Å². The summed E-state index contributed by atoms with van der Waals surface area (Å²) >= 11 is 1.44. The largest absolute Gasteiger partial charge is 0.494 e. The van der Waals surface area contributed by atoms with Gasteiger partial charge in [0.1, 0.15) is 17.2 Å². The molecule has 3 rings (SSSR count). The molecule has 2 aromatic rings. The molecule has 1 aliphatic rings. The number of carbonyl (C=O) groups excluding carboxylic acids is 2. The van der Waals surface area contributed by atoms with Crippen LogP contribution in [-0.2, 0) is 32.2 Å². The molecule has 1 N–H and O–H groups in total. The molecule has 41 heavy (non-hydrogen) atoms. The van der Waals surface area contributed by atoms with Gasteiger partial charge in [-0.1, -0.05) is 56.1 Å². The van der Waals surface area contributed by atoms with Crippen molar-refractivity contribution in [3.8, 4) is 5.88 Å². The summed E-state index contributed by atoms with van der Waals surface area (Å²) in [5.41, 5.74) is 3.09. The number of nitrogens with zero attached hydrogens (tertiary/aromatic N) is 3. The molecule has 11 heteroatoms. The van der Waals surface area contributed by atoms with Crippen molar-refractivity contribution >= 4 is 35.5 Å². The van der Waals surface area contributed by atoms with Gasteiger partial charge in [-0.25, -0.2) is 14.4 Å². The van der Waals surface area contributed by atoms with E-state index in [4.69, 9.17) is 9.47 Å². The van der Waals surface area contributed by atoms with Gasteiger partial charge in [0.25, 0.3) is 5.56 Å². The van der Waals surface area contributed by atoms with E-state index in [1.165, 1.54) is 24.8 Å². The highest BCUT2D eigenvalue weighted by atomic mass is 32.2. The summed E-state index contributed by atoms with van der Waals surface area (Å²) in [4.78, 5) is 52.9. The molecule has 1 aromatic heterocycles. The van der Waals surface area contributed by atoms with Gasteiger partial charge in [-0.05, 0) is 38.8 Å². The minimum Gasteiger partial charge on any atom is -0.494 e. The molecule has 1 aromatic carbocycles. The molecule has 2 heterocycles. The molecule has 0 unspecified atom stereocenters. The van der Waals surface area contributed by atoms with Gasteiger partial charge in [-0.2, -0.15) is 0 Å². The van der Waals surface area contributed by atoms with Crippen molar-refractivity contribution in [1.82, 2.24) is 9.13 Å². The number of aromatic nitrogens is 2. The molecule has 0 atom stereocenters. The summed E-state index contributed by atoms with van der Waals surface area (Å²) in [6.45, 7) is 12.7. The lowest BCUT2D eigenvalue weighted by atomic mass is 10.2. The SMILES string of the molecule is C=C(C)C(=O)OCCCN1C(=C=Cc2c(O)n(CCCC)c(=O)n(CCOC(=O)C(=C)C)c2=O)Sc2ccccc21. The molecule has 0 spiro atoms. The number of esters is 2. The maximum Gasteiger partial charge on any atom is 0.333 e. The van der Waals surface area contributed by atoms with E-state index in [1.54, 1.807) is 6.92 Å². The fourth-order valence-electron chi connectivity index (χ4n) is 3.91. The third kappa shape index (κ3) is 7.71. The Balaban J connectivity index is 1.98. The molecular formula is C30H35N3O7S. The van der Waals surface area contributed by atoms with Gasteiger partial charge in [-0.15, -0.1) is 0 Å². The summed E-state index contributed by atoms with van der Waals surface area (Å²) in [6, 6.07) is 7.75. The van der Waals surface area contributed by atoms with Crippen LogP contribution in [0, 0.1) is 0 Å². The monoisotopic (exact) mass is 581 g/mol.